The van der Waals surface area contributed by atoms with Gasteiger partial charge in [-0.3, -0.25) is 15.7 Å². The average Bonchev–Trinajstić information content (AvgIpc) is 2.50. The molecule has 2 heterocycles. The molecule has 1 aromatic heterocycles. The van der Waals surface area contributed by atoms with Crippen LogP contribution in [0.25, 0.3) is 0 Å². The number of pyridine rings is 1. The number of rotatable bonds is 5. The lowest BCUT2D eigenvalue weighted by Gasteiger charge is -2.24. The zero-order valence-corrected chi connectivity index (χ0v) is 14.1. The van der Waals surface area contributed by atoms with Gasteiger partial charge in [-0.2, -0.15) is 13.2 Å². The Hall–Kier alpha value is -0.990. The second-order valence-corrected chi connectivity index (χ2v) is 8.27. The molecule has 0 aliphatic carbocycles. The van der Waals surface area contributed by atoms with Crippen LogP contribution in [0, 0.1) is 0 Å². The van der Waals surface area contributed by atoms with Gasteiger partial charge in [-0.05, 0) is 18.1 Å². The van der Waals surface area contributed by atoms with Crippen molar-refractivity contribution < 1.29 is 22.6 Å². The van der Waals surface area contributed by atoms with Crippen LogP contribution < -0.4 is 5.56 Å². The van der Waals surface area contributed by atoms with E-state index in [1.165, 1.54) is 0 Å². The van der Waals surface area contributed by atoms with E-state index in [9.17, 15) is 18.0 Å². The van der Waals surface area contributed by atoms with Gasteiger partial charge in [-0.25, -0.2) is 0 Å². The summed E-state index contributed by atoms with van der Waals surface area (Å²) in [5, 5.41) is 0. The van der Waals surface area contributed by atoms with E-state index in [2.05, 4.69) is 0 Å². The van der Waals surface area contributed by atoms with Gasteiger partial charge in [-0.1, -0.05) is 6.92 Å². The number of hydrogen-bond acceptors (Lipinski definition) is 3. The van der Waals surface area contributed by atoms with Gasteiger partial charge < -0.3 is 14.0 Å². The Labute approximate surface area is 135 Å². The molecule has 0 radical (unpaired) electrons. The smallest absolute Gasteiger partial charge is 0.376 e. The van der Waals surface area contributed by atoms with E-state index in [1.54, 1.807) is 0 Å². The summed E-state index contributed by atoms with van der Waals surface area (Å²) in [5.41, 5.74) is -0.926. The molecular formula is C15H22F3NO3S. The van der Waals surface area contributed by atoms with E-state index < -0.39 is 28.7 Å². The summed E-state index contributed by atoms with van der Waals surface area (Å²) < 4.78 is 51.1. The minimum atomic E-state index is -4.48. The average molecular weight is 353 g/mol. The maximum atomic E-state index is 13.1. The highest BCUT2D eigenvalue weighted by Gasteiger charge is 2.32. The Bertz CT molecular complexity index is 582. The second kappa shape index (κ2) is 7.72. The Morgan fingerprint density at radius 1 is 1.39 bits per heavy atom. The molecule has 1 aliphatic heterocycles. The van der Waals surface area contributed by atoms with Crippen LogP contribution in [0.2, 0.25) is 0 Å². The van der Waals surface area contributed by atoms with E-state index in [1.807, 2.05) is 13.2 Å². The topological polar surface area (TPSA) is 40.5 Å². The molecule has 2 rings (SSSR count). The molecule has 2 unspecified atom stereocenters. The molecule has 1 fully saturated rings. The summed E-state index contributed by atoms with van der Waals surface area (Å²) >= 11 is 0. The molecule has 132 valence electrons. The van der Waals surface area contributed by atoms with E-state index in [0.717, 1.165) is 22.6 Å². The predicted molar refractivity (Wildman–Crippen MR) is 85.4 cm³/mol. The quantitative estimate of drug-likeness (QED) is 0.827. The van der Waals surface area contributed by atoms with E-state index in [4.69, 9.17) is 9.47 Å². The molecule has 0 aromatic carbocycles. The third kappa shape index (κ3) is 4.99. The monoisotopic (exact) mass is 353 g/mol. The first-order chi connectivity index (χ1) is 10.8. The number of ether oxygens (including phenoxy) is 2. The minimum Gasteiger partial charge on any atom is -0.376 e. The highest BCUT2D eigenvalue weighted by molar-refractivity contribution is 8.15. The van der Waals surface area contributed by atoms with Crippen molar-refractivity contribution in [2.75, 3.05) is 31.8 Å². The number of aromatic nitrogens is 1. The Kier molecular flexibility index (Phi) is 6.16. The van der Waals surface area contributed by atoms with Crippen molar-refractivity contribution >= 4 is 10.9 Å². The van der Waals surface area contributed by atoms with Gasteiger partial charge in [-0.15, -0.1) is 0 Å². The van der Waals surface area contributed by atoms with Crippen LogP contribution in [0.1, 0.15) is 18.1 Å². The lowest BCUT2D eigenvalue weighted by molar-refractivity contribution is -0.138. The molecule has 1 aromatic rings. The van der Waals surface area contributed by atoms with Crippen molar-refractivity contribution in [3.63, 3.8) is 0 Å². The third-order valence-corrected chi connectivity index (χ3v) is 5.71. The fraction of sp³-hybridized carbons (Fsp3) is 0.667. The first kappa shape index (κ1) is 18.4. The largest absolute Gasteiger partial charge is 0.417 e. The molecule has 0 bridgehead atoms. The van der Waals surface area contributed by atoms with Gasteiger partial charge in [0.25, 0.3) is 5.56 Å². The standard InChI is InChI=1S/C15H22F3NO3S/c1-3-23(2)10-11-6-12(15(16,17)18)7-19(14(11)20)8-13-9-21-4-5-22-13/h6-7,13,23H,3-5,8-10H2,1-2H3. The van der Waals surface area contributed by atoms with Crippen LogP contribution in [0.5, 0.6) is 0 Å². The molecule has 8 heteroatoms. The second-order valence-electron chi connectivity index (χ2n) is 5.61. The highest BCUT2D eigenvalue weighted by atomic mass is 32.2. The van der Waals surface area contributed by atoms with Crippen LogP contribution >= 0.6 is 10.9 Å². The third-order valence-electron chi connectivity index (χ3n) is 3.75. The molecule has 2 atom stereocenters. The molecular weight excluding hydrogens is 331 g/mol. The molecule has 0 saturated carbocycles. The summed E-state index contributed by atoms with van der Waals surface area (Å²) in [6.45, 7) is 3.19. The van der Waals surface area contributed by atoms with E-state index >= 15 is 0 Å². The first-order valence-electron chi connectivity index (χ1n) is 7.49. The van der Waals surface area contributed by atoms with Crippen LogP contribution in [-0.2, 0) is 27.9 Å². The van der Waals surface area contributed by atoms with Gasteiger partial charge in [0.1, 0.15) is 0 Å². The number of thiol groups is 1. The molecule has 1 saturated heterocycles. The van der Waals surface area contributed by atoms with Crippen LogP contribution in [0.3, 0.4) is 0 Å². The first-order valence-corrected chi connectivity index (χ1v) is 9.65. The summed E-state index contributed by atoms with van der Waals surface area (Å²) in [6.07, 6.45) is -2.01. The SMILES string of the molecule is CC[SH](C)Cc1cc(C(F)(F)F)cn(CC2COCCO2)c1=O. The summed E-state index contributed by atoms with van der Waals surface area (Å²) in [6, 6.07) is 0.992. The van der Waals surface area contributed by atoms with Crippen molar-refractivity contribution in [2.45, 2.75) is 31.5 Å². The number of nitrogens with zero attached hydrogens (tertiary/aromatic N) is 1. The lowest BCUT2D eigenvalue weighted by atomic mass is 10.2. The fourth-order valence-electron chi connectivity index (χ4n) is 2.37. The Morgan fingerprint density at radius 2 is 2.13 bits per heavy atom. The molecule has 23 heavy (non-hydrogen) atoms. The highest BCUT2D eigenvalue weighted by Crippen LogP contribution is 2.31. The van der Waals surface area contributed by atoms with Crippen molar-refractivity contribution in [1.82, 2.24) is 4.57 Å². The van der Waals surface area contributed by atoms with Gasteiger partial charge in [0, 0.05) is 17.5 Å². The van der Waals surface area contributed by atoms with Crippen molar-refractivity contribution in [2.24, 2.45) is 0 Å². The molecule has 0 spiro atoms. The van der Waals surface area contributed by atoms with Crippen molar-refractivity contribution in [3.05, 3.63) is 33.7 Å². The molecule has 0 N–H and O–H groups in total. The predicted octanol–water partition coefficient (Wildman–Crippen LogP) is 2.43. The maximum absolute atomic E-state index is 13.1. The Balaban J connectivity index is 2.34. The van der Waals surface area contributed by atoms with Gasteiger partial charge in [0.2, 0.25) is 0 Å². The fourth-order valence-corrected chi connectivity index (χ4v) is 3.40. The minimum absolute atomic E-state index is 0.0729. The summed E-state index contributed by atoms with van der Waals surface area (Å²) in [4.78, 5) is 12.5. The normalized spacial score (nSPS) is 21.3. The van der Waals surface area contributed by atoms with Crippen LogP contribution in [-0.4, -0.2) is 42.5 Å². The Morgan fingerprint density at radius 3 is 2.70 bits per heavy atom. The van der Waals surface area contributed by atoms with Gasteiger partial charge in [0.15, 0.2) is 0 Å². The van der Waals surface area contributed by atoms with Gasteiger partial charge >= 0.3 is 6.18 Å². The van der Waals surface area contributed by atoms with Gasteiger partial charge in [0.05, 0.1) is 38.0 Å². The van der Waals surface area contributed by atoms with Crippen molar-refractivity contribution in [3.8, 4) is 0 Å². The summed E-state index contributed by atoms with van der Waals surface area (Å²) in [5.74, 6) is 1.27. The lowest BCUT2D eigenvalue weighted by Crippen LogP contribution is -2.36. The molecule has 0 amide bonds. The summed E-state index contributed by atoms with van der Waals surface area (Å²) in [7, 11) is -0.488. The van der Waals surface area contributed by atoms with E-state index in [-0.39, 0.29) is 24.3 Å². The number of halogens is 3. The zero-order valence-electron chi connectivity index (χ0n) is 13.2. The number of hydrogen-bond donors (Lipinski definition) is 1. The van der Waals surface area contributed by atoms with Crippen LogP contribution in [0.4, 0.5) is 13.2 Å². The molecule has 1 aliphatic rings. The molecule has 4 nitrogen and oxygen atoms in total. The zero-order chi connectivity index (χ0) is 17.0. The number of alkyl halides is 3. The van der Waals surface area contributed by atoms with Crippen LogP contribution in [0.15, 0.2) is 17.1 Å². The van der Waals surface area contributed by atoms with Crippen molar-refractivity contribution in [1.29, 1.82) is 0 Å². The van der Waals surface area contributed by atoms with E-state index in [0.29, 0.717) is 19.0 Å². The maximum Gasteiger partial charge on any atom is 0.417 e.